The van der Waals surface area contributed by atoms with Crippen molar-refractivity contribution < 1.29 is 9.13 Å². The van der Waals surface area contributed by atoms with Gasteiger partial charge in [0.25, 0.3) is 5.88 Å². The van der Waals surface area contributed by atoms with Crippen molar-refractivity contribution in [2.75, 3.05) is 13.1 Å². The molecular formula is C16H20FN5O. The largest absolute Gasteiger partial charge is 0.467 e. The molecule has 2 aromatic rings. The van der Waals surface area contributed by atoms with Crippen LogP contribution >= 0.6 is 0 Å². The Balaban J connectivity index is 1.46. The molecule has 4 rings (SSSR count). The third kappa shape index (κ3) is 2.93. The van der Waals surface area contributed by atoms with E-state index >= 15 is 0 Å². The van der Waals surface area contributed by atoms with Gasteiger partial charge >= 0.3 is 0 Å². The number of nitrogens with zero attached hydrogens (tertiary/aromatic N) is 5. The molecule has 1 aliphatic heterocycles. The summed E-state index contributed by atoms with van der Waals surface area (Å²) in [5, 5.41) is 8.56. The number of hydrogen-bond donors (Lipinski definition) is 0. The van der Waals surface area contributed by atoms with Gasteiger partial charge in [-0.05, 0) is 37.8 Å². The van der Waals surface area contributed by atoms with Crippen molar-refractivity contribution in [3.63, 3.8) is 0 Å². The normalized spacial score (nSPS) is 21.2. The van der Waals surface area contributed by atoms with Crippen molar-refractivity contribution >= 4 is 0 Å². The smallest absolute Gasteiger partial charge is 0.250 e. The topological polar surface area (TPSA) is 56.1 Å². The van der Waals surface area contributed by atoms with Crippen LogP contribution in [0.15, 0.2) is 18.3 Å². The maximum atomic E-state index is 13.6. The van der Waals surface area contributed by atoms with Crippen molar-refractivity contribution in [1.29, 1.82) is 0 Å². The third-order valence-electron chi connectivity index (χ3n) is 4.64. The second kappa shape index (κ2) is 5.88. The molecule has 122 valence electrons. The predicted molar refractivity (Wildman–Crippen MR) is 81.3 cm³/mol. The molecule has 7 heteroatoms. The van der Waals surface area contributed by atoms with E-state index in [0.717, 1.165) is 37.2 Å². The van der Waals surface area contributed by atoms with Crippen molar-refractivity contribution in [3.8, 4) is 5.88 Å². The molecule has 0 amide bonds. The van der Waals surface area contributed by atoms with Crippen LogP contribution in [0, 0.1) is 11.7 Å². The highest BCUT2D eigenvalue weighted by Crippen LogP contribution is 2.33. The first-order valence-corrected chi connectivity index (χ1v) is 8.11. The zero-order valence-electron chi connectivity index (χ0n) is 13.2. The molecule has 0 bridgehead atoms. The fourth-order valence-corrected chi connectivity index (χ4v) is 3.09. The van der Waals surface area contributed by atoms with E-state index in [1.54, 1.807) is 0 Å². The molecule has 1 fully saturated rings. The molecule has 0 radical (unpaired) electrons. The summed E-state index contributed by atoms with van der Waals surface area (Å²) < 4.78 is 21.1. The second-order valence-electron chi connectivity index (χ2n) is 6.32. The number of fused-ring (bicyclic) bond motifs is 1. The van der Waals surface area contributed by atoms with E-state index in [-0.39, 0.29) is 18.5 Å². The number of aromatic nitrogens is 4. The van der Waals surface area contributed by atoms with Gasteiger partial charge in [-0.3, -0.25) is 4.90 Å². The van der Waals surface area contributed by atoms with E-state index in [0.29, 0.717) is 0 Å². The molecule has 6 nitrogen and oxygen atoms in total. The summed E-state index contributed by atoms with van der Waals surface area (Å²) in [6.07, 6.45) is 4.21. The predicted octanol–water partition coefficient (Wildman–Crippen LogP) is 2.18. The summed E-state index contributed by atoms with van der Waals surface area (Å²) >= 11 is 0. The summed E-state index contributed by atoms with van der Waals surface area (Å²) in [6, 6.07) is 3.13. The van der Waals surface area contributed by atoms with Crippen LogP contribution < -0.4 is 4.74 Å². The molecule has 0 unspecified atom stereocenters. The third-order valence-corrected chi connectivity index (χ3v) is 4.64. The molecule has 1 atom stereocenters. The minimum Gasteiger partial charge on any atom is -0.467 e. The highest BCUT2D eigenvalue weighted by atomic mass is 19.1. The van der Waals surface area contributed by atoms with Gasteiger partial charge in [0.1, 0.15) is 12.4 Å². The van der Waals surface area contributed by atoms with Crippen LogP contribution in [0.25, 0.3) is 0 Å². The summed E-state index contributed by atoms with van der Waals surface area (Å²) in [5.41, 5.74) is 0. The van der Waals surface area contributed by atoms with Crippen LogP contribution in [0.3, 0.4) is 0 Å². The van der Waals surface area contributed by atoms with Crippen LogP contribution in [0.1, 0.15) is 37.5 Å². The highest BCUT2D eigenvalue weighted by molar-refractivity contribution is 5.13. The van der Waals surface area contributed by atoms with Crippen LogP contribution in [-0.4, -0.2) is 37.7 Å². The fourth-order valence-electron chi connectivity index (χ4n) is 3.09. The minimum absolute atomic E-state index is 0.00377. The summed E-state index contributed by atoms with van der Waals surface area (Å²) in [7, 11) is 0. The number of halogens is 1. The Morgan fingerprint density at radius 1 is 1.30 bits per heavy atom. The van der Waals surface area contributed by atoms with Crippen molar-refractivity contribution in [3.05, 3.63) is 35.8 Å². The lowest BCUT2D eigenvalue weighted by molar-refractivity contribution is 0.153. The SMILES string of the molecule is C[C@H]1c2nnc(COc3ncccc3F)n2CCN1CC1CC1. The minimum atomic E-state index is -0.463. The number of rotatable bonds is 5. The van der Waals surface area contributed by atoms with Crippen molar-refractivity contribution in [2.45, 2.75) is 39.0 Å². The van der Waals surface area contributed by atoms with Crippen LogP contribution in [0.4, 0.5) is 4.39 Å². The number of ether oxygens (including phenoxy) is 1. The van der Waals surface area contributed by atoms with Crippen LogP contribution in [0.2, 0.25) is 0 Å². The Morgan fingerprint density at radius 2 is 2.17 bits per heavy atom. The summed E-state index contributed by atoms with van der Waals surface area (Å²) in [5.74, 6) is 2.10. The lowest BCUT2D eigenvalue weighted by Gasteiger charge is -2.33. The van der Waals surface area contributed by atoms with Gasteiger partial charge in [0, 0.05) is 25.8 Å². The number of pyridine rings is 1. The van der Waals surface area contributed by atoms with Gasteiger partial charge in [-0.1, -0.05) is 0 Å². The maximum absolute atomic E-state index is 13.6. The summed E-state index contributed by atoms with van der Waals surface area (Å²) in [6.45, 7) is 5.34. The molecule has 0 N–H and O–H groups in total. The van der Waals surface area contributed by atoms with Crippen molar-refractivity contribution in [2.24, 2.45) is 5.92 Å². The average molecular weight is 317 g/mol. The first-order valence-electron chi connectivity index (χ1n) is 8.11. The molecule has 1 aliphatic carbocycles. The van der Waals surface area contributed by atoms with E-state index in [4.69, 9.17) is 4.74 Å². The Bertz CT molecular complexity index is 700. The molecule has 2 aliphatic rings. The fraction of sp³-hybridized carbons (Fsp3) is 0.562. The molecule has 1 saturated carbocycles. The van der Waals surface area contributed by atoms with Gasteiger partial charge in [0.05, 0.1) is 6.04 Å². The molecule has 23 heavy (non-hydrogen) atoms. The van der Waals surface area contributed by atoms with Gasteiger partial charge in [-0.2, -0.15) is 0 Å². The Labute approximate surface area is 134 Å². The summed E-state index contributed by atoms with van der Waals surface area (Å²) in [4.78, 5) is 6.37. The Hall–Kier alpha value is -2.02. The molecule has 0 saturated heterocycles. The maximum Gasteiger partial charge on any atom is 0.250 e. The first-order chi connectivity index (χ1) is 11.2. The van der Waals surface area contributed by atoms with Gasteiger partial charge in [0.15, 0.2) is 11.6 Å². The zero-order valence-corrected chi connectivity index (χ0v) is 13.2. The zero-order chi connectivity index (χ0) is 15.8. The van der Waals surface area contributed by atoms with E-state index in [9.17, 15) is 4.39 Å². The quantitative estimate of drug-likeness (QED) is 0.846. The van der Waals surface area contributed by atoms with E-state index < -0.39 is 5.82 Å². The molecule has 2 aromatic heterocycles. The van der Waals surface area contributed by atoms with E-state index in [1.165, 1.54) is 31.2 Å². The molecule has 3 heterocycles. The van der Waals surface area contributed by atoms with Gasteiger partial charge in [-0.15, -0.1) is 10.2 Å². The van der Waals surface area contributed by atoms with E-state index in [2.05, 4.69) is 31.6 Å². The number of hydrogen-bond acceptors (Lipinski definition) is 5. The highest BCUT2D eigenvalue weighted by Gasteiger charge is 2.32. The first kappa shape index (κ1) is 14.6. The lowest BCUT2D eigenvalue weighted by atomic mass is 10.2. The Kier molecular flexibility index (Phi) is 3.72. The van der Waals surface area contributed by atoms with Gasteiger partial charge in [-0.25, -0.2) is 9.37 Å². The molecule has 0 aromatic carbocycles. The molecule has 0 spiro atoms. The Morgan fingerprint density at radius 3 is 2.96 bits per heavy atom. The van der Waals surface area contributed by atoms with E-state index in [1.807, 2.05) is 0 Å². The average Bonchev–Trinajstić information content (AvgIpc) is 3.27. The van der Waals surface area contributed by atoms with Crippen molar-refractivity contribution in [1.82, 2.24) is 24.6 Å². The van der Waals surface area contributed by atoms with Crippen LogP contribution in [-0.2, 0) is 13.2 Å². The molecular weight excluding hydrogens is 297 g/mol. The monoisotopic (exact) mass is 317 g/mol. The van der Waals surface area contributed by atoms with Gasteiger partial charge in [0.2, 0.25) is 0 Å². The lowest BCUT2D eigenvalue weighted by Crippen LogP contribution is -2.38. The standard InChI is InChI=1S/C16H20FN5O/c1-11-15-20-19-14(10-23-16-13(17)3-2-6-18-16)22(15)8-7-21(11)9-12-4-5-12/h2-3,6,11-12H,4-5,7-10H2,1H3/t11-/m0/s1. The second-order valence-corrected chi connectivity index (χ2v) is 6.32. The van der Waals surface area contributed by atoms with Gasteiger partial charge < -0.3 is 9.30 Å². The van der Waals surface area contributed by atoms with Crippen LogP contribution in [0.5, 0.6) is 5.88 Å².